The Kier molecular flexibility index (Phi) is 4.59. The van der Waals surface area contributed by atoms with Gasteiger partial charge in [0, 0.05) is 11.6 Å². The van der Waals surface area contributed by atoms with E-state index < -0.39 is 30.3 Å². The van der Waals surface area contributed by atoms with Crippen molar-refractivity contribution in [1.29, 1.82) is 0 Å². The molecule has 0 atom stereocenters. The van der Waals surface area contributed by atoms with Crippen LogP contribution < -0.4 is 10.4 Å². The molecule has 0 heterocycles. The summed E-state index contributed by atoms with van der Waals surface area (Å²) in [6.45, 7) is -0.558. The largest absolute Gasteiger partial charge is 0.544 e. The highest BCUT2D eigenvalue weighted by molar-refractivity contribution is 6.31. The van der Waals surface area contributed by atoms with Crippen molar-refractivity contribution in [3.05, 3.63) is 34.9 Å². The highest BCUT2D eigenvalue weighted by atomic mass is 35.5. The van der Waals surface area contributed by atoms with Crippen LogP contribution in [0.1, 0.15) is 5.56 Å². The Balaban J connectivity index is 2.81. The van der Waals surface area contributed by atoms with Crippen molar-refractivity contribution in [3.8, 4) is 0 Å². The molecule has 0 aromatic heterocycles. The van der Waals surface area contributed by atoms with E-state index in [1.807, 2.05) is 0 Å². The molecule has 110 valence electrons. The summed E-state index contributed by atoms with van der Waals surface area (Å²) in [7, 11) is 0. The average Bonchev–Trinajstić information content (AvgIpc) is 2.36. The minimum atomic E-state index is -5.61. The summed E-state index contributed by atoms with van der Waals surface area (Å²) in [6.07, 6.45) is 0. The lowest BCUT2D eigenvalue weighted by Gasteiger charge is -2.25. The van der Waals surface area contributed by atoms with E-state index in [1.54, 1.807) is 0 Å². The minimum absolute atomic E-state index is 0.128. The topological polar surface area (TPSA) is 69.2 Å². The Labute approximate surface area is 115 Å². The number of carbonyl (C=O) groups excluding carboxylic acids is 2. The first kappa shape index (κ1) is 16.2. The van der Waals surface area contributed by atoms with Gasteiger partial charge < -0.3 is 15.2 Å². The van der Waals surface area contributed by atoms with Gasteiger partial charge in [-0.2, -0.15) is 17.6 Å². The van der Waals surface area contributed by atoms with Crippen molar-refractivity contribution in [2.24, 2.45) is 0 Å². The molecule has 0 radical (unpaired) electrons. The molecule has 0 aliphatic rings. The zero-order valence-corrected chi connectivity index (χ0v) is 10.4. The maximum atomic E-state index is 13.0. The fourth-order valence-electron chi connectivity index (χ4n) is 1.20. The van der Waals surface area contributed by atoms with Gasteiger partial charge >= 0.3 is 11.8 Å². The maximum absolute atomic E-state index is 13.0. The number of nitrogens with one attached hydrogen (secondary N) is 1. The van der Waals surface area contributed by atoms with E-state index in [9.17, 15) is 32.3 Å². The predicted molar refractivity (Wildman–Crippen MR) is 58.2 cm³/mol. The first-order chi connectivity index (χ1) is 9.10. The lowest BCUT2D eigenvalue weighted by molar-refractivity contribution is -0.345. The number of benzene rings is 1. The summed E-state index contributed by atoms with van der Waals surface area (Å²) in [5.74, 6) is -16.8. The van der Waals surface area contributed by atoms with Crippen LogP contribution >= 0.6 is 11.6 Å². The molecule has 0 spiro atoms. The highest BCUT2D eigenvalue weighted by Gasteiger charge is 2.63. The highest BCUT2D eigenvalue weighted by Crippen LogP contribution is 2.34. The molecule has 1 aromatic rings. The number of carboxylic acid groups (broad SMARTS) is 1. The molecule has 1 amide bonds. The van der Waals surface area contributed by atoms with Crippen LogP contribution in [-0.4, -0.2) is 23.7 Å². The number of halogens is 5. The third-order valence-electron chi connectivity index (χ3n) is 2.33. The van der Waals surface area contributed by atoms with E-state index in [-0.39, 0.29) is 10.6 Å². The Hall–Kier alpha value is -1.83. The van der Waals surface area contributed by atoms with Gasteiger partial charge in [0.15, 0.2) is 0 Å². The molecule has 0 bridgehead atoms. The number of carboxylic acids is 1. The van der Waals surface area contributed by atoms with Gasteiger partial charge in [0.25, 0.3) is 5.91 Å². The van der Waals surface area contributed by atoms with E-state index >= 15 is 0 Å². The number of aliphatic carboxylic acids is 1. The first-order valence-corrected chi connectivity index (χ1v) is 5.47. The number of hydrogen-bond donors (Lipinski definition) is 1. The van der Waals surface area contributed by atoms with Crippen molar-refractivity contribution in [1.82, 2.24) is 5.32 Å². The number of amides is 1. The lowest BCUT2D eigenvalue weighted by atomic mass is 10.1. The van der Waals surface area contributed by atoms with Gasteiger partial charge in [-0.25, -0.2) is 0 Å². The first-order valence-electron chi connectivity index (χ1n) is 5.09. The maximum Gasteiger partial charge on any atom is 0.391 e. The van der Waals surface area contributed by atoms with Crippen LogP contribution in [0.3, 0.4) is 0 Å². The van der Waals surface area contributed by atoms with E-state index in [2.05, 4.69) is 0 Å². The number of hydrogen-bond acceptors (Lipinski definition) is 3. The summed E-state index contributed by atoms with van der Waals surface area (Å²) in [5, 5.41) is 11.6. The van der Waals surface area contributed by atoms with Crippen LogP contribution in [0, 0.1) is 0 Å². The molecule has 0 unspecified atom stereocenters. The fraction of sp³-hybridized carbons (Fsp3) is 0.273. The Morgan fingerprint density at radius 2 is 1.70 bits per heavy atom. The summed E-state index contributed by atoms with van der Waals surface area (Å²) in [4.78, 5) is 21.0. The Morgan fingerprint density at radius 3 is 2.20 bits per heavy atom. The van der Waals surface area contributed by atoms with Gasteiger partial charge in [0.2, 0.25) is 0 Å². The van der Waals surface area contributed by atoms with Gasteiger partial charge in [-0.15, -0.1) is 0 Å². The molecule has 20 heavy (non-hydrogen) atoms. The van der Waals surface area contributed by atoms with Crippen LogP contribution in [0.5, 0.6) is 0 Å². The third kappa shape index (κ3) is 3.01. The SMILES string of the molecule is O=C([O-])C(F)(F)C(F)(F)C(=O)NCc1ccccc1Cl. The summed E-state index contributed by atoms with van der Waals surface area (Å²) < 4.78 is 51.4. The number of carbonyl (C=O) groups is 2. The molecular formula is C11H7ClF4NO3-. The second kappa shape index (κ2) is 5.66. The lowest BCUT2D eigenvalue weighted by Crippen LogP contribution is -2.60. The second-order valence-electron chi connectivity index (χ2n) is 3.71. The molecule has 9 heteroatoms. The van der Waals surface area contributed by atoms with Crippen molar-refractivity contribution in [2.75, 3.05) is 0 Å². The molecule has 0 fully saturated rings. The van der Waals surface area contributed by atoms with Gasteiger partial charge in [0.05, 0.1) is 0 Å². The molecular weight excluding hydrogens is 306 g/mol. The monoisotopic (exact) mass is 312 g/mol. The van der Waals surface area contributed by atoms with Crippen molar-refractivity contribution in [2.45, 2.75) is 18.4 Å². The Bertz CT molecular complexity index is 536. The van der Waals surface area contributed by atoms with E-state index in [0.29, 0.717) is 0 Å². The molecule has 1 rings (SSSR count). The van der Waals surface area contributed by atoms with Gasteiger partial charge in [-0.1, -0.05) is 29.8 Å². The van der Waals surface area contributed by atoms with Crippen LogP contribution in [0.25, 0.3) is 0 Å². The smallest absolute Gasteiger partial charge is 0.391 e. The van der Waals surface area contributed by atoms with Gasteiger partial charge in [-0.3, -0.25) is 4.79 Å². The summed E-state index contributed by atoms with van der Waals surface area (Å²) in [5.41, 5.74) is 0.204. The van der Waals surface area contributed by atoms with Crippen molar-refractivity contribution < 1.29 is 32.3 Å². The fourth-order valence-corrected chi connectivity index (χ4v) is 1.40. The van der Waals surface area contributed by atoms with Crippen LogP contribution in [-0.2, 0) is 16.1 Å². The minimum Gasteiger partial charge on any atom is -0.544 e. The van der Waals surface area contributed by atoms with Crippen molar-refractivity contribution >= 4 is 23.5 Å². The standard InChI is InChI=1S/C11H8ClF4NO3/c12-7-4-2-1-3-6(7)5-17-8(18)10(13,14)11(15,16)9(19)20/h1-4H,5H2,(H,17,18)(H,19,20)/p-1. The molecule has 0 aliphatic heterocycles. The molecule has 0 aliphatic carbocycles. The quantitative estimate of drug-likeness (QED) is 0.824. The number of alkyl halides is 4. The molecule has 1 N–H and O–H groups in total. The van der Waals surface area contributed by atoms with Crippen LogP contribution in [0.15, 0.2) is 24.3 Å². The molecule has 4 nitrogen and oxygen atoms in total. The van der Waals surface area contributed by atoms with Crippen LogP contribution in [0.4, 0.5) is 17.6 Å². The van der Waals surface area contributed by atoms with E-state index in [1.165, 1.54) is 29.6 Å². The average molecular weight is 313 g/mol. The predicted octanol–water partition coefficient (Wildman–Crippen LogP) is 0.977. The molecule has 0 saturated carbocycles. The third-order valence-corrected chi connectivity index (χ3v) is 2.70. The van der Waals surface area contributed by atoms with E-state index in [4.69, 9.17) is 11.6 Å². The van der Waals surface area contributed by atoms with Gasteiger partial charge in [-0.05, 0) is 11.6 Å². The second-order valence-corrected chi connectivity index (χ2v) is 4.12. The summed E-state index contributed by atoms with van der Waals surface area (Å²) >= 11 is 5.67. The van der Waals surface area contributed by atoms with Crippen molar-refractivity contribution in [3.63, 3.8) is 0 Å². The Morgan fingerprint density at radius 1 is 1.15 bits per heavy atom. The zero-order valence-electron chi connectivity index (χ0n) is 9.63. The number of rotatable bonds is 5. The summed E-state index contributed by atoms with van der Waals surface area (Å²) in [6, 6.07) is 5.79. The van der Waals surface area contributed by atoms with E-state index in [0.717, 1.165) is 0 Å². The molecule has 1 aromatic carbocycles. The zero-order chi connectivity index (χ0) is 15.6. The normalized spacial score (nSPS) is 12.1. The van der Waals surface area contributed by atoms with Crippen LogP contribution in [0.2, 0.25) is 5.02 Å². The van der Waals surface area contributed by atoms with Gasteiger partial charge in [0.1, 0.15) is 5.97 Å². The molecule has 0 saturated heterocycles.